The highest BCUT2D eigenvalue weighted by Gasteiger charge is 2.28. The van der Waals surface area contributed by atoms with Crippen LogP contribution in [0.2, 0.25) is 0 Å². The Balaban J connectivity index is 1.22. The van der Waals surface area contributed by atoms with Gasteiger partial charge < -0.3 is 4.74 Å². The van der Waals surface area contributed by atoms with Gasteiger partial charge in [-0.3, -0.25) is 13.7 Å². The second-order valence-electron chi connectivity index (χ2n) is 24.5. The predicted octanol–water partition coefficient (Wildman–Crippen LogP) is 18.8. The summed E-state index contributed by atoms with van der Waals surface area (Å²) in [6, 6.07) is 43.9. The first-order chi connectivity index (χ1) is 41.0. The van der Waals surface area contributed by atoms with Crippen LogP contribution in [0, 0.1) is 20.0 Å². The van der Waals surface area contributed by atoms with E-state index in [9.17, 15) is 2.74 Å². The Kier molecular flexibility index (Phi) is 9.67. The van der Waals surface area contributed by atoms with E-state index < -0.39 is 37.2 Å². The molecule has 0 saturated heterocycles. The van der Waals surface area contributed by atoms with Crippen LogP contribution < -0.4 is 9.30 Å². The zero-order valence-electron chi connectivity index (χ0n) is 57.1. The Labute approximate surface area is 472 Å². The highest BCUT2D eigenvalue weighted by Crippen LogP contribution is 2.43. The summed E-state index contributed by atoms with van der Waals surface area (Å²) in [7, 11) is 0. The van der Waals surface area contributed by atoms with E-state index in [1.165, 1.54) is 18.2 Å². The molecule has 11 aromatic rings. The summed E-state index contributed by atoms with van der Waals surface area (Å²) in [6.07, 6.45) is 5.55. The van der Waals surface area contributed by atoms with Crippen molar-refractivity contribution in [1.29, 1.82) is 0 Å². The molecule has 0 spiro atoms. The highest BCUT2D eigenvalue weighted by atomic mass is 16.5. The van der Waals surface area contributed by atoms with E-state index in [1.54, 1.807) is 18.2 Å². The lowest BCUT2D eigenvalue weighted by atomic mass is 9.77. The van der Waals surface area contributed by atoms with Gasteiger partial charge in [-0.15, -0.1) is 0 Å². The number of pyridine rings is 1. The maximum atomic E-state index is 9.60. The van der Waals surface area contributed by atoms with Crippen LogP contribution in [0.3, 0.4) is 0 Å². The fraction of sp³-hybridized carbons (Fsp3) is 0.250. The van der Waals surface area contributed by atoms with Gasteiger partial charge in [-0.05, 0) is 157 Å². The first kappa shape index (κ1) is 39.4. The molecule has 3 aromatic heterocycles. The van der Waals surface area contributed by atoms with Crippen molar-refractivity contribution in [3.05, 3.63) is 222 Å². The van der Waals surface area contributed by atoms with Gasteiger partial charge in [0, 0.05) is 31.3 Å². The van der Waals surface area contributed by atoms with E-state index in [1.807, 2.05) is 76.0 Å². The molecule has 5 nitrogen and oxygen atoms in total. The quantitative estimate of drug-likeness (QED) is 0.112. The van der Waals surface area contributed by atoms with Crippen LogP contribution in [-0.4, -0.2) is 14.1 Å². The van der Waals surface area contributed by atoms with Crippen LogP contribution in [0.5, 0.6) is 11.5 Å². The van der Waals surface area contributed by atoms with Crippen LogP contribution in [0.4, 0.5) is 0 Å². The molecular weight excluding hydrogens is 937 g/mol. The molecule has 0 radical (unpaired) electrons. The Morgan fingerprint density at radius 1 is 0.506 bits per heavy atom. The van der Waals surface area contributed by atoms with Gasteiger partial charge in [0.05, 0.1) is 40.3 Å². The molecule has 0 aliphatic carbocycles. The minimum Gasteiger partial charge on any atom is -0.458 e. The summed E-state index contributed by atoms with van der Waals surface area (Å²) in [5.41, 5.74) is 8.71. The number of para-hydroxylation sites is 1. The summed E-state index contributed by atoms with van der Waals surface area (Å²) < 4.78 is 111. The zero-order valence-corrected chi connectivity index (χ0v) is 46.1. The van der Waals surface area contributed by atoms with Crippen molar-refractivity contribution in [3.63, 3.8) is 0 Å². The van der Waals surface area contributed by atoms with Crippen molar-refractivity contribution < 1.29 is 24.4 Å². The Hall–Kier alpha value is -8.02. The van der Waals surface area contributed by atoms with Gasteiger partial charge in [-0.1, -0.05) is 198 Å². The van der Waals surface area contributed by atoms with Gasteiger partial charge in [-0.25, -0.2) is 4.98 Å². The standard InChI is InChI=1S/C72H72N4O/c1-46-22-20-23-47(2)67(46)49-30-33-63-65(38-49)74(55-26-21-27-56(43-55)77-57-31-32-59-58-28-18-19-29-62(58)76(64(59)44-57)66-42-51(34-35-73-66)69(3,4)5)45-75(63)68-60(48-24-16-15-17-25-48)40-54(72(12,13)14)41-61(68)50-36-52(70(6,7)8)39-53(37-50)71(9,10)11/h15-44H,1-14H3/i1D3,2D3,15D,16D,17D,24D,25D. The first-order valence-electron chi connectivity index (χ1n) is 31.9. The molecule has 386 valence electrons. The van der Waals surface area contributed by atoms with Crippen LogP contribution >= 0.6 is 0 Å². The molecule has 0 unspecified atom stereocenters. The van der Waals surface area contributed by atoms with Crippen molar-refractivity contribution in [1.82, 2.24) is 14.1 Å². The molecule has 0 saturated carbocycles. The van der Waals surface area contributed by atoms with Crippen LogP contribution in [0.15, 0.2) is 182 Å². The molecule has 77 heavy (non-hydrogen) atoms. The topological polar surface area (TPSA) is 35.9 Å². The van der Waals surface area contributed by atoms with Gasteiger partial charge in [0.25, 0.3) is 6.33 Å². The fourth-order valence-corrected chi connectivity index (χ4v) is 10.3. The lowest BCUT2D eigenvalue weighted by molar-refractivity contribution is -0.571. The van der Waals surface area contributed by atoms with Crippen molar-refractivity contribution in [2.75, 3.05) is 0 Å². The molecule has 0 fully saturated rings. The van der Waals surface area contributed by atoms with E-state index in [0.29, 0.717) is 50.6 Å². The maximum Gasteiger partial charge on any atom is 0.269 e. The van der Waals surface area contributed by atoms with E-state index in [2.05, 4.69) is 143 Å². The molecule has 0 aliphatic heterocycles. The zero-order chi connectivity index (χ0) is 63.7. The third-order valence-corrected chi connectivity index (χ3v) is 14.8. The Morgan fingerprint density at radius 3 is 1.81 bits per heavy atom. The molecule has 3 heterocycles. The molecule has 0 atom stereocenters. The number of fused-ring (bicyclic) bond motifs is 4. The minimum atomic E-state index is -2.70. The third kappa shape index (κ3) is 9.67. The summed E-state index contributed by atoms with van der Waals surface area (Å²) in [4.78, 5) is 4.88. The first-order valence-corrected chi connectivity index (χ1v) is 26.4. The van der Waals surface area contributed by atoms with Crippen LogP contribution in [0.1, 0.15) is 132 Å². The Morgan fingerprint density at radius 2 is 1.13 bits per heavy atom. The molecule has 0 aliphatic rings. The van der Waals surface area contributed by atoms with Gasteiger partial charge >= 0.3 is 0 Å². The molecule has 0 N–H and O–H groups in total. The van der Waals surface area contributed by atoms with Crippen molar-refractivity contribution in [2.45, 2.75) is 118 Å². The molecular formula is C72H72N4O. The number of hydrogen-bond donors (Lipinski definition) is 0. The summed E-state index contributed by atoms with van der Waals surface area (Å²) in [5, 5.41) is 2.08. The van der Waals surface area contributed by atoms with Crippen LogP contribution in [0.25, 0.3) is 83.4 Å². The largest absolute Gasteiger partial charge is 0.458 e. The van der Waals surface area contributed by atoms with Crippen molar-refractivity contribution >= 4 is 32.8 Å². The van der Waals surface area contributed by atoms with E-state index in [0.717, 1.165) is 55.4 Å². The smallest absolute Gasteiger partial charge is 0.269 e. The number of ether oxygens (including phenoxy) is 1. The normalized spacial score (nSPS) is 14.9. The average Bonchev–Trinajstić information content (AvgIpc) is 1.56. The summed E-state index contributed by atoms with van der Waals surface area (Å²) in [5.74, 6) is 1.79. The fourth-order valence-electron chi connectivity index (χ4n) is 10.3. The highest BCUT2D eigenvalue weighted by molar-refractivity contribution is 6.09. The molecule has 0 bridgehead atoms. The number of imidazole rings is 1. The maximum absolute atomic E-state index is 9.60. The number of aryl methyl sites for hydroxylation is 2. The van der Waals surface area contributed by atoms with Crippen molar-refractivity contribution in [3.8, 4) is 62.1 Å². The van der Waals surface area contributed by atoms with Crippen molar-refractivity contribution in [2.24, 2.45) is 0 Å². The van der Waals surface area contributed by atoms with Crippen LogP contribution in [-0.2, 0) is 21.7 Å². The number of aromatic nitrogens is 4. The number of nitrogens with zero attached hydrogens (tertiary/aromatic N) is 4. The SMILES string of the molecule is [2H]c1c([2H])c([2H])c(-c2cc(C(C)(C)C)cc(-c3cc(C(C)(C)C)cc(C(C)(C)C)c3)c2-[n+]2[c-]n(-c3cccc(Oc4ccc5c6ccccc6n(-c6cc(C(C)(C)C)ccn6)c5c4)c3)c3cc(-c4c(C([2H])([2H])[2H])cccc4C([2H])([2H])[2H])ccc32)c([2H])c1[2H]. The molecule has 5 heteroatoms. The average molecular weight is 1020 g/mol. The lowest BCUT2D eigenvalue weighted by Crippen LogP contribution is -2.32. The van der Waals surface area contributed by atoms with E-state index >= 15 is 0 Å². The van der Waals surface area contributed by atoms with Gasteiger partial charge in [0.2, 0.25) is 0 Å². The number of hydrogen-bond acceptors (Lipinski definition) is 2. The second kappa shape index (κ2) is 18.9. The monoisotopic (exact) mass is 1020 g/mol. The van der Waals surface area contributed by atoms with Gasteiger partial charge in [0.1, 0.15) is 17.3 Å². The summed E-state index contributed by atoms with van der Waals surface area (Å²) in [6.45, 7) is 20.4. The lowest BCUT2D eigenvalue weighted by Gasteiger charge is -2.29. The third-order valence-electron chi connectivity index (χ3n) is 14.8. The number of benzene rings is 8. The molecule has 11 rings (SSSR count). The molecule has 8 aromatic carbocycles. The number of rotatable bonds is 8. The van der Waals surface area contributed by atoms with Gasteiger partial charge in [0.15, 0.2) is 0 Å². The van der Waals surface area contributed by atoms with E-state index in [-0.39, 0.29) is 50.6 Å². The summed E-state index contributed by atoms with van der Waals surface area (Å²) >= 11 is 0. The Bertz CT molecular complexity index is 4520. The van der Waals surface area contributed by atoms with E-state index in [4.69, 9.17) is 22.1 Å². The predicted molar refractivity (Wildman–Crippen MR) is 323 cm³/mol. The second-order valence-corrected chi connectivity index (χ2v) is 24.5. The molecule has 0 amide bonds. The van der Waals surface area contributed by atoms with Gasteiger partial charge in [-0.2, -0.15) is 0 Å². The minimum absolute atomic E-state index is 0.00666.